The van der Waals surface area contributed by atoms with E-state index in [4.69, 9.17) is 22.1 Å². The van der Waals surface area contributed by atoms with Crippen molar-refractivity contribution >= 4 is 22.5 Å². The molecular weight excluding hydrogens is 284 g/mol. The van der Waals surface area contributed by atoms with Gasteiger partial charge in [0.15, 0.2) is 0 Å². The lowest BCUT2D eigenvalue weighted by Crippen LogP contribution is -2.07. The number of ether oxygens (including phenoxy) is 1. The number of hydrogen-bond acceptors (Lipinski definition) is 2. The van der Waals surface area contributed by atoms with Crippen LogP contribution in [-0.4, -0.2) is 11.2 Å². The zero-order valence-corrected chi connectivity index (χ0v) is 12.4. The van der Waals surface area contributed by atoms with Gasteiger partial charge in [-0.3, -0.25) is 0 Å². The molecule has 0 aliphatic heterocycles. The molecule has 0 amide bonds. The van der Waals surface area contributed by atoms with Crippen molar-refractivity contribution in [3.8, 4) is 5.75 Å². The van der Waals surface area contributed by atoms with Crippen LogP contribution in [0.15, 0.2) is 54.7 Å². The van der Waals surface area contributed by atoms with Crippen LogP contribution >= 0.6 is 11.6 Å². The first-order valence-corrected chi connectivity index (χ1v) is 7.31. The van der Waals surface area contributed by atoms with E-state index < -0.39 is 0 Å². The maximum absolute atomic E-state index is 6.24. The van der Waals surface area contributed by atoms with Crippen LogP contribution in [0.4, 0.5) is 0 Å². The lowest BCUT2D eigenvalue weighted by molar-refractivity contribution is 0.300. The third kappa shape index (κ3) is 3.04. The highest BCUT2D eigenvalue weighted by molar-refractivity contribution is 6.35. The van der Waals surface area contributed by atoms with Crippen molar-refractivity contribution in [1.29, 1.82) is 0 Å². The molecule has 0 saturated carbocycles. The minimum absolute atomic E-state index is 0.523. The van der Waals surface area contributed by atoms with E-state index in [0.29, 0.717) is 13.2 Å². The molecule has 108 valence electrons. The van der Waals surface area contributed by atoms with E-state index in [9.17, 15) is 0 Å². The van der Waals surface area contributed by atoms with Gasteiger partial charge in [-0.2, -0.15) is 0 Å². The number of aromatic nitrogens is 1. The first-order valence-electron chi connectivity index (χ1n) is 6.93. The monoisotopic (exact) mass is 300 g/mol. The van der Waals surface area contributed by atoms with Gasteiger partial charge in [0, 0.05) is 23.6 Å². The molecule has 21 heavy (non-hydrogen) atoms. The first kappa shape index (κ1) is 14.0. The molecule has 0 bridgehead atoms. The summed E-state index contributed by atoms with van der Waals surface area (Å²) in [6.07, 6.45) is 1.95. The highest BCUT2D eigenvalue weighted by atomic mass is 35.5. The standard InChI is InChI=1S/C17H17ClN2O/c18-16-12-20(17-7-2-1-6-15(16)17)8-9-21-14-5-3-4-13(10-14)11-19/h1-7,10,12H,8-9,11,19H2. The van der Waals surface area contributed by atoms with Crippen LogP contribution in [-0.2, 0) is 13.1 Å². The zero-order chi connectivity index (χ0) is 14.7. The topological polar surface area (TPSA) is 40.2 Å². The molecule has 3 rings (SSSR count). The molecule has 0 saturated heterocycles. The second-order valence-corrected chi connectivity index (χ2v) is 5.29. The lowest BCUT2D eigenvalue weighted by Gasteiger charge is -2.09. The van der Waals surface area contributed by atoms with Crippen LogP contribution in [0.5, 0.6) is 5.75 Å². The Hall–Kier alpha value is -1.97. The van der Waals surface area contributed by atoms with Crippen LogP contribution in [0.25, 0.3) is 10.9 Å². The first-order chi connectivity index (χ1) is 10.3. The predicted molar refractivity (Wildman–Crippen MR) is 86.8 cm³/mol. The molecule has 0 aliphatic carbocycles. The summed E-state index contributed by atoms with van der Waals surface area (Å²) in [6, 6.07) is 16.0. The van der Waals surface area contributed by atoms with Crippen LogP contribution < -0.4 is 10.5 Å². The molecule has 4 heteroatoms. The van der Waals surface area contributed by atoms with Crippen LogP contribution in [0.2, 0.25) is 5.02 Å². The normalized spacial score (nSPS) is 11.0. The van der Waals surface area contributed by atoms with Gasteiger partial charge in [-0.15, -0.1) is 0 Å². The SMILES string of the molecule is NCc1cccc(OCCn2cc(Cl)c3ccccc32)c1. The van der Waals surface area contributed by atoms with Gasteiger partial charge in [0.05, 0.1) is 11.6 Å². The molecule has 1 aromatic heterocycles. The maximum atomic E-state index is 6.24. The van der Waals surface area contributed by atoms with E-state index in [2.05, 4.69) is 10.6 Å². The van der Waals surface area contributed by atoms with E-state index >= 15 is 0 Å². The van der Waals surface area contributed by atoms with E-state index in [-0.39, 0.29) is 0 Å². The fourth-order valence-electron chi connectivity index (χ4n) is 2.41. The molecule has 0 atom stereocenters. The highest BCUT2D eigenvalue weighted by Gasteiger charge is 2.05. The molecular formula is C17H17ClN2O. The van der Waals surface area contributed by atoms with E-state index in [0.717, 1.165) is 33.8 Å². The van der Waals surface area contributed by atoms with Gasteiger partial charge in [0.1, 0.15) is 12.4 Å². The van der Waals surface area contributed by atoms with Crippen molar-refractivity contribution < 1.29 is 4.74 Å². The Morgan fingerprint density at radius 2 is 1.95 bits per heavy atom. The quantitative estimate of drug-likeness (QED) is 0.778. The minimum Gasteiger partial charge on any atom is -0.492 e. The Kier molecular flexibility index (Phi) is 4.13. The number of rotatable bonds is 5. The average molecular weight is 301 g/mol. The molecule has 1 heterocycles. The Bertz CT molecular complexity index is 751. The number of fused-ring (bicyclic) bond motifs is 1. The van der Waals surface area contributed by atoms with Gasteiger partial charge in [-0.1, -0.05) is 41.9 Å². The van der Waals surface area contributed by atoms with Crippen LogP contribution in [0.1, 0.15) is 5.56 Å². The summed E-state index contributed by atoms with van der Waals surface area (Å²) in [6.45, 7) is 1.86. The molecule has 0 radical (unpaired) electrons. The third-order valence-corrected chi connectivity index (χ3v) is 3.78. The molecule has 2 aromatic carbocycles. The largest absolute Gasteiger partial charge is 0.492 e. The summed E-state index contributed by atoms with van der Waals surface area (Å²) in [5.41, 5.74) is 7.83. The molecule has 0 fully saturated rings. The summed E-state index contributed by atoms with van der Waals surface area (Å²) >= 11 is 6.24. The van der Waals surface area contributed by atoms with Crippen molar-refractivity contribution in [3.05, 3.63) is 65.3 Å². The molecule has 0 aliphatic rings. The predicted octanol–water partition coefficient (Wildman–Crippen LogP) is 3.83. The van der Waals surface area contributed by atoms with Gasteiger partial charge < -0.3 is 15.0 Å². The Balaban J connectivity index is 1.69. The number of nitrogens with zero attached hydrogens (tertiary/aromatic N) is 1. The summed E-state index contributed by atoms with van der Waals surface area (Å²) in [5.74, 6) is 0.848. The second-order valence-electron chi connectivity index (χ2n) is 4.89. The van der Waals surface area contributed by atoms with E-state index in [1.54, 1.807) is 0 Å². The van der Waals surface area contributed by atoms with Crippen LogP contribution in [0, 0.1) is 0 Å². The van der Waals surface area contributed by atoms with Gasteiger partial charge >= 0.3 is 0 Å². The van der Waals surface area contributed by atoms with Gasteiger partial charge in [0.25, 0.3) is 0 Å². The molecule has 2 N–H and O–H groups in total. The fourth-order valence-corrected chi connectivity index (χ4v) is 2.69. The molecule has 3 nitrogen and oxygen atoms in total. The smallest absolute Gasteiger partial charge is 0.119 e. The van der Waals surface area contributed by atoms with Crippen molar-refractivity contribution in [1.82, 2.24) is 4.57 Å². The second kappa shape index (κ2) is 6.20. The van der Waals surface area contributed by atoms with Crippen molar-refractivity contribution in [3.63, 3.8) is 0 Å². The molecule has 0 spiro atoms. The Labute approximate surface area is 128 Å². The average Bonchev–Trinajstić information content (AvgIpc) is 2.85. The van der Waals surface area contributed by atoms with Crippen molar-refractivity contribution in [2.45, 2.75) is 13.1 Å². The van der Waals surface area contributed by atoms with Crippen molar-refractivity contribution in [2.24, 2.45) is 5.73 Å². The summed E-state index contributed by atoms with van der Waals surface area (Å²) in [4.78, 5) is 0. The number of nitrogens with two attached hydrogens (primary N) is 1. The highest BCUT2D eigenvalue weighted by Crippen LogP contribution is 2.25. The molecule has 3 aromatic rings. The number of benzene rings is 2. The Morgan fingerprint density at radius 3 is 2.81 bits per heavy atom. The summed E-state index contributed by atoms with van der Waals surface area (Å²) < 4.78 is 7.91. The number of para-hydroxylation sites is 1. The lowest BCUT2D eigenvalue weighted by atomic mass is 10.2. The van der Waals surface area contributed by atoms with Crippen molar-refractivity contribution in [2.75, 3.05) is 6.61 Å². The maximum Gasteiger partial charge on any atom is 0.119 e. The summed E-state index contributed by atoms with van der Waals surface area (Å²) in [5, 5.41) is 1.85. The molecule has 0 unspecified atom stereocenters. The van der Waals surface area contributed by atoms with Crippen LogP contribution in [0.3, 0.4) is 0 Å². The fraction of sp³-hybridized carbons (Fsp3) is 0.176. The summed E-state index contributed by atoms with van der Waals surface area (Å²) in [7, 11) is 0. The van der Waals surface area contributed by atoms with Gasteiger partial charge in [-0.05, 0) is 23.8 Å². The number of hydrogen-bond donors (Lipinski definition) is 1. The van der Waals surface area contributed by atoms with Gasteiger partial charge in [-0.25, -0.2) is 0 Å². The van der Waals surface area contributed by atoms with Gasteiger partial charge in [0.2, 0.25) is 0 Å². The van der Waals surface area contributed by atoms with E-state index in [1.165, 1.54) is 0 Å². The Morgan fingerprint density at radius 1 is 1.10 bits per heavy atom. The van der Waals surface area contributed by atoms with E-state index in [1.807, 2.05) is 48.7 Å². The number of halogens is 1. The zero-order valence-electron chi connectivity index (χ0n) is 11.6. The third-order valence-electron chi connectivity index (χ3n) is 3.48. The minimum atomic E-state index is 0.523.